The molecular weight excluding hydrogens is 726 g/mol. The number of rotatable bonds is 13. The summed E-state index contributed by atoms with van der Waals surface area (Å²) in [5.41, 5.74) is -1.40. The molecule has 262 valence electrons. The lowest BCUT2D eigenvalue weighted by Gasteiger charge is -2.49. The minimum Gasteiger partial charge on any atom is -0.477 e. The highest BCUT2D eigenvalue weighted by Gasteiger charge is 2.54. The molecule has 0 aromatic carbocycles. The van der Waals surface area contributed by atoms with Gasteiger partial charge in [0, 0.05) is 16.9 Å². The summed E-state index contributed by atoms with van der Waals surface area (Å²) in [5.74, 6) is -6.89. The lowest BCUT2D eigenvalue weighted by atomic mass is 10.0. The van der Waals surface area contributed by atoms with Crippen molar-refractivity contribution in [1.29, 1.82) is 0 Å². The Bertz CT molecular complexity index is 1760. The number of nitrogens with one attached hydrogen (secondary N) is 2. The molecule has 2 aliphatic heterocycles. The van der Waals surface area contributed by atoms with E-state index >= 15 is 0 Å². The third kappa shape index (κ3) is 7.93. The topological polar surface area (TPSA) is 264 Å². The third-order valence-electron chi connectivity index (χ3n) is 7.11. The molecule has 2 aromatic rings. The number of aromatic nitrogens is 5. The normalized spacial score (nSPS) is 20.1. The number of alkyl halides is 3. The molecule has 5 N–H and O–H groups in total. The molecule has 4 heterocycles. The molecule has 3 aliphatic rings. The van der Waals surface area contributed by atoms with Gasteiger partial charge in [-0.05, 0) is 41.7 Å². The summed E-state index contributed by atoms with van der Waals surface area (Å²) in [4.78, 5) is 71.9. The van der Waals surface area contributed by atoms with Crippen molar-refractivity contribution >= 4 is 81.1 Å². The Morgan fingerprint density at radius 3 is 2.57 bits per heavy atom. The Kier molecular flexibility index (Phi) is 10.7. The number of carboxylic acids is 2. The van der Waals surface area contributed by atoms with E-state index in [9.17, 15) is 42.3 Å². The maximum absolute atomic E-state index is 13.4. The van der Waals surface area contributed by atoms with Gasteiger partial charge in [0.1, 0.15) is 28.9 Å². The summed E-state index contributed by atoms with van der Waals surface area (Å²) in [6.45, 7) is -0.490. The van der Waals surface area contributed by atoms with Gasteiger partial charge in [-0.2, -0.15) is 13.2 Å². The zero-order chi connectivity index (χ0) is 35.5. The van der Waals surface area contributed by atoms with Gasteiger partial charge in [0.2, 0.25) is 5.16 Å². The highest BCUT2D eigenvalue weighted by Crippen LogP contribution is 2.41. The molecule has 0 bridgehead atoms. The second kappa shape index (κ2) is 14.8. The first-order chi connectivity index (χ1) is 23.3. The monoisotopic (exact) mass is 748 g/mol. The number of thiazole rings is 1. The first kappa shape index (κ1) is 35.5. The predicted octanol–water partition coefficient (Wildman–Crippen LogP) is 0.739. The van der Waals surface area contributed by atoms with Gasteiger partial charge in [0.25, 0.3) is 11.8 Å². The Hall–Kier alpha value is -4.78. The average molecular weight is 749 g/mol. The van der Waals surface area contributed by atoms with Crippen molar-refractivity contribution in [2.24, 2.45) is 10.3 Å². The van der Waals surface area contributed by atoms with Crippen molar-refractivity contribution in [3.05, 3.63) is 22.3 Å². The second-order valence-electron chi connectivity index (χ2n) is 10.3. The fourth-order valence-electron chi connectivity index (χ4n) is 4.77. The zero-order valence-corrected chi connectivity index (χ0v) is 26.9. The largest absolute Gasteiger partial charge is 0.477 e. The van der Waals surface area contributed by atoms with E-state index in [4.69, 9.17) is 15.2 Å². The van der Waals surface area contributed by atoms with Crippen LogP contribution in [-0.4, -0.2) is 122 Å². The van der Waals surface area contributed by atoms with Crippen LogP contribution < -0.4 is 10.6 Å². The van der Waals surface area contributed by atoms with E-state index in [1.807, 2.05) is 0 Å². The van der Waals surface area contributed by atoms with Crippen LogP contribution in [0.25, 0.3) is 0 Å². The highest BCUT2D eigenvalue weighted by molar-refractivity contribution is 8.01. The van der Waals surface area contributed by atoms with Gasteiger partial charge in [0.05, 0.1) is 6.54 Å². The molecule has 49 heavy (non-hydrogen) atoms. The molecule has 1 saturated carbocycles. The number of aliphatic carboxylic acids is 2. The fourth-order valence-corrected chi connectivity index (χ4v) is 7.82. The van der Waals surface area contributed by atoms with Gasteiger partial charge in [0.15, 0.2) is 16.6 Å². The number of carbonyl (C=O) groups excluding carboxylic acids is 3. The van der Waals surface area contributed by atoms with Crippen molar-refractivity contribution in [1.82, 2.24) is 35.4 Å². The molecule has 2 atom stereocenters. The maximum Gasteiger partial charge on any atom is 0.471 e. The number of fused-ring (bicyclic) bond motifs is 1. The van der Waals surface area contributed by atoms with E-state index in [1.165, 1.54) is 5.38 Å². The summed E-state index contributed by atoms with van der Waals surface area (Å²) >= 11 is 2.68. The number of anilines is 1. The molecule has 2 fully saturated rings. The number of amides is 3. The average Bonchev–Trinajstić information content (AvgIpc) is 3.83. The lowest BCUT2D eigenvalue weighted by Crippen LogP contribution is -2.71. The minimum atomic E-state index is -5.18. The lowest BCUT2D eigenvalue weighted by molar-refractivity contribution is -0.167. The standard InChI is InChI=1S/C24H23F3N10O9S3/c25-24(26,27)21(44)30-22-28-12(8-48-22)13(33-46-10-3-1-2-4-10)16(38)29-14-17(39)37-15(20(42)43)9(6-47-18(14)37)7-49-23-31-34-35-36(23)5-11(32-45)19(40)41/h8,10,14,18,45H,1-7H2,(H,29,38)(H,40,41)(H,42,43)(H,28,30,44)/t14?,18-/m0/s1. The minimum absolute atomic E-state index is 0.0342. The number of tetrazole rings is 1. The molecule has 5 rings (SSSR count). The van der Waals surface area contributed by atoms with Crippen LogP contribution in [0, 0.1) is 0 Å². The molecule has 1 unspecified atom stereocenters. The van der Waals surface area contributed by atoms with Crippen LogP contribution in [0.1, 0.15) is 31.4 Å². The van der Waals surface area contributed by atoms with Crippen LogP contribution in [0.15, 0.2) is 32.1 Å². The van der Waals surface area contributed by atoms with Crippen molar-refractivity contribution in [3.63, 3.8) is 0 Å². The number of β-lactam (4-membered cyclic amide) rings is 1. The van der Waals surface area contributed by atoms with E-state index in [1.54, 1.807) is 5.32 Å². The smallest absolute Gasteiger partial charge is 0.471 e. The Morgan fingerprint density at radius 2 is 1.92 bits per heavy atom. The van der Waals surface area contributed by atoms with Gasteiger partial charge in [-0.3, -0.25) is 24.6 Å². The number of carboxylic acid groups (broad SMARTS) is 2. The summed E-state index contributed by atoms with van der Waals surface area (Å²) < 4.78 is 39.2. The van der Waals surface area contributed by atoms with Crippen LogP contribution in [0.2, 0.25) is 0 Å². The second-order valence-corrected chi connectivity index (χ2v) is 13.2. The number of carbonyl (C=O) groups is 5. The van der Waals surface area contributed by atoms with Gasteiger partial charge >= 0.3 is 24.0 Å². The highest BCUT2D eigenvalue weighted by atomic mass is 32.2. The third-order valence-corrected chi connectivity index (χ3v) is 10.3. The van der Waals surface area contributed by atoms with Gasteiger partial charge in [-0.15, -0.1) is 28.2 Å². The Labute approximate surface area is 284 Å². The number of thioether (sulfide) groups is 2. The number of hydrogen-bond donors (Lipinski definition) is 5. The summed E-state index contributed by atoms with van der Waals surface area (Å²) in [6.07, 6.45) is -2.49. The quantitative estimate of drug-likeness (QED) is 0.0622. The first-order valence-corrected chi connectivity index (χ1v) is 16.8. The van der Waals surface area contributed by atoms with Crippen LogP contribution >= 0.6 is 34.9 Å². The number of nitrogens with zero attached hydrogens (tertiary/aromatic N) is 8. The van der Waals surface area contributed by atoms with E-state index in [2.05, 4.69) is 36.1 Å². The molecular formula is C24H23F3N10O9S3. The summed E-state index contributed by atoms with van der Waals surface area (Å²) in [6, 6.07) is -1.22. The van der Waals surface area contributed by atoms with E-state index in [0.717, 1.165) is 45.9 Å². The Balaban J connectivity index is 1.30. The number of oxime groups is 2. The molecule has 2 aromatic heterocycles. The summed E-state index contributed by atoms with van der Waals surface area (Å²) in [5, 5.41) is 49.5. The molecule has 19 nitrogen and oxygen atoms in total. The molecule has 0 spiro atoms. The van der Waals surface area contributed by atoms with Crippen molar-refractivity contribution in [3.8, 4) is 0 Å². The van der Waals surface area contributed by atoms with Crippen molar-refractivity contribution in [2.75, 3.05) is 16.8 Å². The number of halogens is 3. The molecule has 1 aliphatic carbocycles. The van der Waals surface area contributed by atoms with Crippen molar-refractivity contribution in [2.45, 2.75) is 61.1 Å². The van der Waals surface area contributed by atoms with Crippen molar-refractivity contribution < 1.29 is 57.4 Å². The van der Waals surface area contributed by atoms with Crippen LogP contribution in [-0.2, 0) is 35.4 Å². The fraction of sp³-hybridized carbons (Fsp3) is 0.458. The number of hydrogen-bond acceptors (Lipinski definition) is 16. The van der Waals surface area contributed by atoms with E-state index < -0.39 is 70.4 Å². The summed E-state index contributed by atoms with van der Waals surface area (Å²) in [7, 11) is 0. The van der Waals surface area contributed by atoms with E-state index in [0.29, 0.717) is 29.8 Å². The van der Waals surface area contributed by atoms with Crippen LogP contribution in [0.3, 0.4) is 0 Å². The maximum atomic E-state index is 13.4. The zero-order valence-electron chi connectivity index (χ0n) is 24.5. The Morgan fingerprint density at radius 1 is 1.18 bits per heavy atom. The van der Waals surface area contributed by atoms with Gasteiger partial charge in [-0.1, -0.05) is 22.1 Å². The van der Waals surface area contributed by atoms with Gasteiger partial charge in [-0.25, -0.2) is 19.3 Å². The molecule has 1 saturated heterocycles. The van der Waals surface area contributed by atoms with Crippen LogP contribution in [0.5, 0.6) is 0 Å². The molecule has 3 amide bonds. The van der Waals surface area contributed by atoms with Crippen LogP contribution in [0.4, 0.5) is 18.3 Å². The predicted molar refractivity (Wildman–Crippen MR) is 162 cm³/mol. The van der Waals surface area contributed by atoms with Gasteiger partial charge < -0.3 is 25.6 Å². The SMILES string of the molecule is O=C(O)C(Cn1nnnc1SCC1=C(C(=O)O)N2C(=O)C(NC(=O)C(=NOC3CCCC3)c3csc(NC(=O)C(F)(F)F)n3)[C@@H]2SC1)=NO. The van der Waals surface area contributed by atoms with E-state index in [-0.39, 0.29) is 34.2 Å². The first-order valence-electron chi connectivity index (χ1n) is 13.9. The molecule has 25 heteroatoms. The molecule has 0 radical (unpaired) electrons.